The van der Waals surface area contributed by atoms with Gasteiger partial charge in [0.15, 0.2) is 22.3 Å². The van der Waals surface area contributed by atoms with Gasteiger partial charge in [0.05, 0.1) is 19.0 Å². The first-order valence-corrected chi connectivity index (χ1v) is 20.0. The Morgan fingerprint density at radius 2 is 1.57 bits per heavy atom. The molecule has 0 saturated carbocycles. The summed E-state index contributed by atoms with van der Waals surface area (Å²) in [6.07, 6.45) is 3.54. The highest BCUT2D eigenvalue weighted by atomic mass is 28.4. The molecule has 1 saturated heterocycles. The van der Waals surface area contributed by atoms with Crippen LogP contribution in [0.2, 0.25) is 36.3 Å². The zero-order chi connectivity index (χ0) is 29.5. The molecule has 2 aromatic heterocycles. The van der Waals surface area contributed by atoms with Gasteiger partial charge < -0.3 is 13.6 Å². The van der Waals surface area contributed by atoms with Crippen LogP contribution in [-0.2, 0) is 13.6 Å². The largest absolute Gasteiger partial charge is 0.414 e. The maximum Gasteiger partial charge on any atom is 0.192 e. The fraction of sp³-hybridized carbons (Fsp3) is 0.581. The number of hydrogen-bond acceptors (Lipinski definition) is 6. The number of imidazole rings is 1. The van der Waals surface area contributed by atoms with Crippen LogP contribution in [0.15, 0.2) is 36.9 Å². The smallest absolute Gasteiger partial charge is 0.192 e. The van der Waals surface area contributed by atoms with Gasteiger partial charge in [-0.05, 0) is 61.2 Å². The van der Waals surface area contributed by atoms with Crippen molar-refractivity contribution >= 4 is 27.8 Å². The van der Waals surface area contributed by atoms with E-state index >= 15 is 0 Å². The normalized spacial score (nSPS) is 20.5. The number of aryl methyl sites for hydroxylation is 1. The Bertz CT molecular complexity index is 1390. The van der Waals surface area contributed by atoms with Crippen LogP contribution in [0.4, 0.5) is 0 Å². The molecular weight excluding hydrogens is 533 g/mol. The minimum Gasteiger partial charge on any atom is -0.414 e. The molecule has 0 N–H and O–H groups in total. The van der Waals surface area contributed by atoms with Gasteiger partial charge in [-0.3, -0.25) is 4.57 Å². The second-order valence-corrected chi connectivity index (χ2v) is 23.6. The molecule has 3 atom stereocenters. The third kappa shape index (κ3) is 6.58. The van der Waals surface area contributed by atoms with E-state index in [1.54, 1.807) is 12.7 Å². The van der Waals surface area contributed by atoms with Gasteiger partial charge in [0.1, 0.15) is 29.9 Å². The summed E-state index contributed by atoms with van der Waals surface area (Å²) in [5, 5.41) is 0.212. The van der Waals surface area contributed by atoms with Crippen LogP contribution in [0, 0.1) is 18.8 Å². The fourth-order valence-electron chi connectivity index (χ4n) is 4.13. The second-order valence-electron chi connectivity index (χ2n) is 14.0. The Kier molecular flexibility index (Phi) is 8.52. The van der Waals surface area contributed by atoms with E-state index in [0.29, 0.717) is 29.9 Å². The molecule has 9 heteroatoms. The summed E-state index contributed by atoms with van der Waals surface area (Å²) in [6, 6.07) is 8.14. The molecule has 0 radical (unpaired) electrons. The molecule has 0 amide bonds. The Morgan fingerprint density at radius 3 is 2.20 bits per heavy atom. The van der Waals surface area contributed by atoms with Crippen LogP contribution in [0.3, 0.4) is 0 Å². The highest BCUT2D eigenvalue weighted by Gasteiger charge is 2.46. The average Bonchev–Trinajstić information content (AvgIpc) is 3.45. The first-order valence-electron chi connectivity index (χ1n) is 14.2. The van der Waals surface area contributed by atoms with E-state index in [0.717, 1.165) is 5.56 Å². The van der Waals surface area contributed by atoms with E-state index in [1.165, 1.54) is 5.56 Å². The molecule has 0 spiro atoms. The van der Waals surface area contributed by atoms with E-state index in [2.05, 4.69) is 114 Å². The SMILES string of the molecule is Cc1ccc(C#Cc2ncnc3c2ncn3C2CC(O[Si](C)(C)C(C)(C)C)C(CO[Si](C)(C)C(C)(C)C)O2)cc1. The number of nitrogens with zero attached hydrogens (tertiary/aromatic N) is 4. The van der Waals surface area contributed by atoms with E-state index in [4.69, 9.17) is 13.6 Å². The molecule has 7 nitrogen and oxygen atoms in total. The van der Waals surface area contributed by atoms with Crippen molar-refractivity contribution in [2.45, 2.75) is 110 Å². The summed E-state index contributed by atoms with van der Waals surface area (Å²) in [4.78, 5) is 13.7. The Morgan fingerprint density at radius 1 is 0.925 bits per heavy atom. The van der Waals surface area contributed by atoms with E-state index < -0.39 is 16.6 Å². The molecule has 0 bridgehead atoms. The van der Waals surface area contributed by atoms with Crippen molar-refractivity contribution in [1.82, 2.24) is 19.5 Å². The van der Waals surface area contributed by atoms with E-state index in [1.807, 2.05) is 16.7 Å². The number of rotatable bonds is 6. The molecule has 1 aliphatic heterocycles. The third-order valence-corrected chi connectivity index (χ3v) is 17.9. The van der Waals surface area contributed by atoms with Gasteiger partial charge in [0.25, 0.3) is 0 Å². The van der Waals surface area contributed by atoms with Crippen molar-refractivity contribution in [3.8, 4) is 11.8 Å². The van der Waals surface area contributed by atoms with Crippen LogP contribution >= 0.6 is 0 Å². The number of aromatic nitrogens is 4. The zero-order valence-corrected chi connectivity index (χ0v) is 28.1. The van der Waals surface area contributed by atoms with Gasteiger partial charge in [-0.25, -0.2) is 15.0 Å². The number of hydrogen-bond donors (Lipinski definition) is 0. The molecule has 1 aliphatic rings. The lowest BCUT2D eigenvalue weighted by molar-refractivity contribution is -0.0383. The van der Waals surface area contributed by atoms with Crippen molar-refractivity contribution in [2.24, 2.45) is 0 Å². The first kappa shape index (κ1) is 30.6. The lowest BCUT2D eigenvalue weighted by Crippen LogP contribution is -2.48. The maximum absolute atomic E-state index is 6.95. The van der Waals surface area contributed by atoms with Crippen LogP contribution in [0.1, 0.15) is 71.0 Å². The summed E-state index contributed by atoms with van der Waals surface area (Å²) in [5.74, 6) is 6.40. The monoisotopic (exact) mass is 578 g/mol. The van der Waals surface area contributed by atoms with E-state index in [-0.39, 0.29) is 28.5 Å². The summed E-state index contributed by atoms with van der Waals surface area (Å²) < 4.78 is 22.3. The van der Waals surface area contributed by atoms with Crippen molar-refractivity contribution < 1.29 is 13.6 Å². The van der Waals surface area contributed by atoms with Gasteiger partial charge in [0.2, 0.25) is 0 Å². The van der Waals surface area contributed by atoms with Crippen molar-refractivity contribution in [2.75, 3.05) is 6.61 Å². The standard InChI is InChI=1S/C31H46N4O3Si2/c1-22-12-14-23(15-13-22)16-17-24-28-29(33-20-32-24)35(21-34-28)27-18-25(38-40(10,11)31(5,6)7)26(37-27)19-36-39(8,9)30(2,3)4/h12-15,20-21,25-27H,18-19H2,1-11H3. The molecule has 1 aromatic carbocycles. The molecule has 40 heavy (non-hydrogen) atoms. The molecule has 4 rings (SSSR count). The summed E-state index contributed by atoms with van der Waals surface area (Å²) in [7, 11) is -4.00. The van der Waals surface area contributed by atoms with Crippen LogP contribution in [-0.4, -0.2) is 55.0 Å². The van der Waals surface area contributed by atoms with Gasteiger partial charge >= 0.3 is 0 Å². The van der Waals surface area contributed by atoms with Gasteiger partial charge in [0, 0.05) is 12.0 Å². The topological polar surface area (TPSA) is 71.3 Å². The molecule has 0 aliphatic carbocycles. The third-order valence-electron chi connectivity index (χ3n) is 8.89. The minimum absolute atomic E-state index is 0.0734. The lowest BCUT2D eigenvalue weighted by Gasteiger charge is -2.40. The Balaban J connectivity index is 1.62. The van der Waals surface area contributed by atoms with E-state index in [9.17, 15) is 0 Å². The Labute approximate surface area is 242 Å². The summed E-state index contributed by atoms with van der Waals surface area (Å²) in [5.41, 5.74) is 4.13. The number of ether oxygens (including phenoxy) is 1. The number of fused-ring (bicyclic) bond motifs is 1. The zero-order valence-electron chi connectivity index (χ0n) is 26.1. The molecule has 216 valence electrons. The second kappa shape index (κ2) is 11.1. The average molecular weight is 579 g/mol. The fourth-order valence-corrected chi connectivity index (χ4v) is 6.50. The van der Waals surface area contributed by atoms with Gasteiger partial charge in [-0.2, -0.15) is 0 Å². The molecule has 3 unspecified atom stereocenters. The van der Waals surface area contributed by atoms with Crippen molar-refractivity contribution in [3.63, 3.8) is 0 Å². The van der Waals surface area contributed by atoms with Gasteiger partial charge in [-0.15, -0.1) is 0 Å². The Hall–Kier alpha value is -2.36. The van der Waals surface area contributed by atoms with Gasteiger partial charge in [-0.1, -0.05) is 65.2 Å². The van der Waals surface area contributed by atoms with Crippen LogP contribution in [0.25, 0.3) is 11.2 Å². The van der Waals surface area contributed by atoms with Crippen molar-refractivity contribution in [3.05, 3.63) is 53.7 Å². The highest BCUT2D eigenvalue weighted by molar-refractivity contribution is 6.74. The van der Waals surface area contributed by atoms with Crippen LogP contribution in [0.5, 0.6) is 0 Å². The number of benzene rings is 1. The molecule has 3 heterocycles. The lowest BCUT2D eigenvalue weighted by atomic mass is 10.1. The minimum atomic E-state index is -2.04. The quantitative estimate of drug-likeness (QED) is 0.227. The summed E-state index contributed by atoms with van der Waals surface area (Å²) in [6.45, 7) is 25.3. The predicted octanol–water partition coefficient (Wildman–Crippen LogP) is 7.23. The van der Waals surface area contributed by atoms with Crippen LogP contribution < -0.4 is 0 Å². The molecular formula is C31H46N4O3Si2. The maximum atomic E-state index is 6.95. The predicted molar refractivity (Wildman–Crippen MR) is 166 cm³/mol. The molecule has 1 fully saturated rings. The highest BCUT2D eigenvalue weighted by Crippen LogP contribution is 2.42. The summed E-state index contributed by atoms with van der Waals surface area (Å²) >= 11 is 0. The van der Waals surface area contributed by atoms with Crippen molar-refractivity contribution in [1.29, 1.82) is 0 Å². The first-order chi connectivity index (χ1) is 18.5. The molecule has 3 aromatic rings.